The second-order valence-corrected chi connectivity index (χ2v) is 8.78. The topological polar surface area (TPSA) is 78.9 Å². The van der Waals surface area contributed by atoms with Gasteiger partial charge in [-0.15, -0.1) is 0 Å². The quantitative estimate of drug-likeness (QED) is 0.288. The molecule has 1 aromatic heterocycles. The molecule has 0 saturated heterocycles. The molecule has 2 rings (SSSR count). The molecular weight excluding hydrogens is 490 g/mol. The van der Waals surface area contributed by atoms with Crippen LogP contribution >= 0.6 is 23.3 Å². The first kappa shape index (κ1) is 38.3. The zero-order valence-electron chi connectivity index (χ0n) is 24.4. The molecule has 0 amide bonds. The van der Waals surface area contributed by atoms with E-state index in [1.165, 1.54) is 29.3 Å². The summed E-state index contributed by atoms with van der Waals surface area (Å²) in [6.07, 6.45) is 12.7. The molecule has 1 aromatic rings. The van der Waals surface area contributed by atoms with E-state index in [0.717, 1.165) is 40.9 Å². The first-order chi connectivity index (χ1) is 17.2. The maximum absolute atomic E-state index is 8.00. The van der Waals surface area contributed by atoms with E-state index in [1.807, 2.05) is 73.7 Å². The molecule has 206 valence electrons. The third kappa shape index (κ3) is 18.1. The van der Waals surface area contributed by atoms with Crippen molar-refractivity contribution in [1.29, 1.82) is 0 Å². The molecule has 36 heavy (non-hydrogen) atoms. The molecule has 0 aromatic carbocycles. The van der Waals surface area contributed by atoms with Crippen LogP contribution in [0.2, 0.25) is 0 Å². The van der Waals surface area contributed by atoms with Gasteiger partial charge in [-0.05, 0) is 76.1 Å². The summed E-state index contributed by atoms with van der Waals surface area (Å²) in [6, 6.07) is 0. The predicted molar refractivity (Wildman–Crippen MR) is 164 cm³/mol. The van der Waals surface area contributed by atoms with E-state index in [9.17, 15) is 0 Å². The van der Waals surface area contributed by atoms with Crippen LogP contribution in [0.1, 0.15) is 75.2 Å². The number of halogens is 1. The van der Waals surface area contributed by atoms with Crippen molar-refractivity contribution in [3.63, 3.8) is 0 Å². The van der Waals surface area contributed by atoms with Gasteiger partial charge in [-0.1, -0.05) is 77.8 Å². The molecule has 1 heterocycles. The van der Waals surface area contributed by atoms with Crippen LogP contribution in [-0.2, 0) is 4.79 Å². The third-order valence-electron chi connectivity index (χ3n) is 4.21. The number of carbonyl (C=O) groups excluding carboxylic acids is 1. The van der Waals surface area contributed by atoms with Gasteiger partial charge in [-0.2, -0.15) is 8.75 Å². The number of rotatable bonds is 8. The van der Waals surface area contributed by atoms with Crippen molar-refractivity contribution in [2.75, 3.05) is 31.3 Å². The summed E-state index contributed by atoms with van der Waals surface area (Å²) in [7, 11) is 3.75. The number of nitrogens with one attached hydrogen (secondary N) is 3. The van der Waals surface area contributed by atoms with Gasteiger partial charge in [0.15, 0.2) is 11.6 Å². The van der Waals surface area contributed by atoms with Crippen LogP contribution in [0, 0.1) is 5.92 Å². The van der Waals surface area contributed by atoms with Crippen LogP contribution in [0.15, 0.2) is 57.8 Å². The van der Waals surface area contributed by atoms with Crippen LogP contribution in [0.3, 0.4) is 0 Å². The Morgan fingerprint density at radius 1 is 1.14 bits per heavy atom. The lowest BCUT2D eigenvalue weighted by Crippen LogP contribution is -2.07. The van der Waals surface area contributed by atoms with Crippen LogP contribution in [-0.4, -0.2) is 36.2 Å². The van der Waals surface area contributed by atoms with Crippen LogP contribution < -0.4 is 16.0 Å². The number of nitrogens with zero attached hydrogens (tertiary/aromatic N) is 2. The Morgan fingerprint density at radius 2 is 1.67 bits per heavy atom. The van der Waals surface area contributed by atoms with Crippen molar-refractivity contribution in [3.05, 3.63) is 57.8 Å². The van der Waals surface area contributed by atoms with Crippen molar-refractivity contribution in [2.24, 2.45) is 5.92 Å². The van der Waals surface area contributed by atoms with E-state index in [2.05, 4.69) is 64.5 Å². The van der Waals surface area contributed by atoms with Gasteiger partial charge in [0.2, 0.25) is 0 Å². The number of allylic oxidation sites excluding steroid dienone is 9. The van der Waals surface area contributed by atoms with E-state index < -0.39 is 0 Å². The Labute approximate surface area is 230 Å². The SMILES string of the molecule is C/C=C(C)/C(Cl)=C\C=C(/C)Nc1nsnc1NCC1=CC(C(C)C)=CC1.C=O.CC.CCC.CNC. The summed E-state index contributed by atoms with van der Waals surface area (Å²) in [5.41, 5.74) is 4.78. The van der Waals surface area contributed by atoms with Gasteiger partial charge in [0.25, 0.3) is 0 Å². The second kappa shape index (κ2) is 25.9. The smallest absolute Gasteiger partial charge is 0.188 e. The highest BCUT2D eigenvalue weighted by Crippen LogP contribution is 2.25. The van der Waals surface area contributed by atoms with E-state index in [-0.39, 0.29) is 0 Å². The maximum Gasteiger partial charge on any atom is 0.188 e. The van der Waals surface area contributed by atoms with Crippen molar-refractivity contribution in [1.82, 2.24) is 14.1 Å². The number of carbonyl (C=O) groups is 1. The maximum atomic E-state index is 8.00. The predicted octanol–water partition coefficient (Wildman–Crippen LogP) is 8.36. The first-order valence-electron chi connectivity index (χ1n) is 12.5. The fourth-order valence-corrected chi connectivity index (χ4v) is 3.07. The van der Waals surface area contributed by atoms with Crippen molar-refractivity contribution < 1.29 is 4.79 Å². The van der Waals surface area contributed by atoms with E-state index in [1.54, 1.807) is 0 Å². The van der Waals surface area contributed by atoms with Crippen LogP contribution in [0.25, 0.3) is 0 Å². The highest BCUT2D eigenvalue weighted by atomic mass is 35.5. The Bertz CT molecular complexity index is 837. The Morgan fingerprint density at radius 3 is 2.14 bits per heavy atom. The van der Waals surface area contributed by atoms with Gasteiger partial charge in [-0.3, -0.25) is 0 Å². The zero-order valence-corrected chi connectivity index (χ0v) is 26.0. The third-order valence-corrected chi connectivity index (χ3v) is 5.17. The molecule has 0 aliphatic heterocycles. The average Bonchev–Trinajstić information content (AvgIpc) is 3.54. The molecular formula is C28H50ClN5OS. The van der Waals surface area contributed by atoms with Gasteiger partial charge in [-0.25, -0.2) is 0 Å². The number of anilines is 2. The summed E-state index contributed by atoms with van der Waals surface area (Å²) in [6.45, 7) is 21.4. The molecule has 6 nitrogen and oxygen atoms in total. The molecule has 0 unspecified atom stereocenters. The Kier molecular flexibility index (Phi) is 27.5. The van der Waals surface area contributed by atoms with Gasteiger partial charge < -0.3 is 20.7 Å². The molecule has 0 radical (unpaired) electrons. The fraction of sp³-hybridized carbons (Fsp3) is 0.536. The summed E-state index contributed by atoms with van der Waals surface area (Å²) in [5.74, 6) is 2.09. The second-order valence-electron chi connectivity index (χ2n) is 7.85. The lowest BCUT2D eigenvalue weighted by Gasteiger charge is -2.08. The summed E-state index contributed by atoms with van der Waals surface area (Å²) >= 11 is 7.41. The monoisotopic (exact) mass is 539 g/mol. The fourth-order valence-electron chi connectivity index (χ4n) is 2.41. The normalized spacial score (nSPS) is 12.9. The Hall–Kier alpha value is -2.22. The number of hydrogen-bond donors (Lipinski definition) is 3. The lowest BCUT2D eigenvalue weighted by molar-refractivity contribution is -0.0979. The molecule has 0 fully saturated rings. The average molecular weight is 540 g/mol. The highest BCUT2D eigenvalue weighted by Gasteiger charge is 2.12. The van der Waals surface area contributed by atoms with Crippen LogP contribution in [0.4, 0.5) is 11.6 Å². The standard InChI is InChI=1S/C20H27ClN4S.C3H8.C2H7N.C2H6.CH2O/c1-6-14(4)18(21)10-7-15(5)23-20-19(24-26-25-20)22-12-16-8-9-17(11-16)13(2)3;2*1-3-2;2*1-2/h6-7,9-11,13H,8,12H2,1-5H3,(H,22,24)(H,23,25);3H2,1-2H3;3H,1-2H3;1-2H3;1H2/b14-6+,15-7+,18-10+;;;;. The highest BCUT2D eigenvalue weighted by molar-refractivity contribution is 6.99. The minimum atomic E-state index is 0.574. The Balaban J connectivity index is -0.000000950. The molecule has 0 saturated carbocycles. The molecule has 0 bridgehead atoms. The first-order valence-corrected chi connectivity index (χ1v) is 13.6. The van der Waals surface area contributed by atoms with Gasteiger partial charge in [0.1, 0.15) is 6.79 Å². The lowest BCUT2D eigenvalue weighted by atomic mass is 10.1. The van der Waals surface area contributed by atoms with Crippen molar-refractivity contribution in [3.8, 4) is 0 Å². The van der Waals surface area contributed by atoms with Gasteiger partial charge in [0.05, 0.1) is 11.7 Å². The minimum Gasteiger partial charge on any atom is -0.362 e. The number of hydrogen-bond acceptors (Lipinski definition) is 7. The van der Waals surface area contributed by atoms with Crippen molar-refractivity contribution in [2.45, 2.75) is 75.2 Å². The molecule has 1 aliphatic carbocycles. The minimum absolute atomic E-state index is 0.574. The summed E-state index contributed by atoms with van der Waals surface area (Å²) < 4.78 is 8.70. The van der Waals surface area contributed by atoms with Crippen LogP contribution in [0.5, 0.6) is 0 Å². The van der Waals surface area contributed by atoms with Gasteiger partial charge in [0, 0.05) is 17.3 Å². The van der Waals surface area contributed by atoms with E-state index in [4.69, 9.17) is 16.4 Å². The molecule has 1 aliphatic rings. The summed E-state index contributed by atoms with van der Waals surface area (Å²) in [5, 5.41) is 10.1. The molecule has 8 heteroatoms. The number of aromatic nitrogens is 2. The van der Waals surface area contributed by atoms with Crippen molar-refractivity contribution >= 4 is 41.8 Å². The largest absolute Gasteiger partial charge is 0.362 e. The van der Waals surface area contributed by atoms with E-state index >= 15 is 0 Å². The van der Waals surface area contributed by atoms with Gasteiger partial charge >= 0.3 is 0 Å². The molecule has 0 atom stereocenters. The zero-order chi connectivity index (χ0) is 28.5. The van der Waals surface area contributed by atoms with E-state index in [0.29, 0.717) is 5.92 Å². The molecule has 3 N–H and O–H groups in total. The molecule has 0 spiro atoms. The summed E-state index contributed by atoms with van der Waals surface area (Å²) in [4.78, 5) is 8.00.